The number of rotatable bonds is 8. The Bertz CT molecular complexity index is 813. The molecule has 0 radical (unpaired) electrons. The highest BCUT2D eigenvalue weighted by atomic mass is 16.2. The first kappa shape index (κ1) is 19.1. The van der Waals surface area contributed by atoms with Gasteiger partial charge in [0.1, 0.15) is 0 Å². The summed E-state index contributed by atoms with van der Waals surface area (Å²) >= 11 is 0. The number of hydrogen-bond donors (Lipinski definition) is 2. The third kappa shape index (κ3) is 5.14. The van der Waals surface area contributed by atoms with Crippen LogP contribution in [0.5, 0.6) is 0 Å². The molecule has 0 saturated carbocycles. The summed E-state index contributed by atoms with van der Waals surface area (Å²) in [6, 6.07) is 15.6. The van der Waals surface area contributed by atoms with Gasteiger partial charge in [-0.1, -0.05) is 55.1 Å². The molecule has 0 aliphatic heterocycles. The van der Waals surface area contributed by atoms with Gasteiger partial charge in [0.25, 0.3) is 5.91 Å². The van der Waals surface area contributed by atoms with Crippen LogP contribution in [0.25, 0.3) is 0 Å². The molecule has 0 spiro atoms. The summed E-state index contributed by atoms with van der Waals surface area (Å²) < 4.78 is 0. The fourth-order valence-corrected chi connectivity index (χ4v) is 2.36. The van der Waals surface area contributed by atoms with Gasteiger partial charge in [0.15, 0.2) is 5.78 Å². The van der Waals surface area contributed by atoms with Gasteiger partial charge in [0.2, 0.25) is 5.91 Å². The van der Waals surface area contributed by atoms with Crippen LogP contribution in [0.2, 0.25) is 0 Å². The highest BCUT2D eigenvalue weighted by Crippen LogP contribution is 2.14. The maximum atomic E-state index is 12.7. The maximum absolute atomic E-state index is 12.7. The van der Waals surface area contributed by atoms with Gasteiger partial charge in [0, 0.05) is 29.8 Å². The average Bonchev–Trinajstić information content (AvgIpc) is 2.67. The summed E-state index contributed by atoms with van der Waals surface area (Å²) in [6.07, 6.45) is 0.583. The lowest BCUT2D eigenvalue weighted by atomic mass is 9.98. The van der Waals surface area contributed by atoms with Gasteiger partial charge in [-0.3, -0.25) is 14.4 Å². The number of amides is 2. The van der Waals surface area contributed by atoms with Crippen LogP contribution in [0.15, 0.2) is 66.7 Å². The molecular weight excluding hydrogens is 328 g/mol. The van der Waals surface area contributed by atoms with E-state index in [1.165, 1.54) is 0 Å². The van der Waals surface area contributed by atoms with Gasteiger partial charge < -0.3 is 10.6 Å². The second-order valence-electron chi connectivity index (χ2n) is 5.89. The Morgan fingerprint density at radius 2 is 1.42 bits per heavy atom. The number of carbonyl (C=O) groups is 3. The Labute approximate surface area is 153 Å². The number of hydrogen-bond acceptors (Lipinski definition) is 3. The van der Waals surface area contributed by atoms with Crippen molar-refractivity contribution >= 4 is 17.6 Å². The number of ketones is 1. The normalized spacial score (nSPS) is 10.0. The molecule has 0 unspecified atom stereocenters. The minimum Gasteiger partial charge on any atom is -0.352 e. The van der Waals surface area contributed by atoms with Gasteiger partial charge in [0.05, 0.1) is 5.56 Å². The van der Waals surface area contributed by atoms with E-state index in [0.717, 1.165) is 0 Å². The van der Waals surface area contributed by atoms with E-state index in [1.54, 1.807) is 55.5 Å². The van der Waals surface area contributed by atoms with Crippen molar-refractivity contribution in [3.05, 3.63) is 83.4 Å². The fourth-order valence-electron chi connectivity index (χ4n) is 2.36. The number of carbonyl (C=O) groups excluding carboxylic acids is 3. The lowest BCUT2D eigenvalue weighted by Gasteiger charge is -2.10. The summed E-state index contributed by atoms with van der Waals surface area (Å²) in [5.74, 6) is -0.698. The Hall–Kier alpha value is -3.21. The molecule has 0 heterocycles. The van der Waals surface area contributed by atoms with Crippen molar-refractivity contribution in [3.8, 4) is 0 Å². The quantitative estimate of drug-likeness (QED) is 0.437. The van der Waals surface area contributed by atoms with E-state index in [9.17, 15) is 14.4 Å². The molecule has 0 aliphatic carbocycles. The first-order valence-corrected chi connectivity index (χ1v) is 8.41. The van der Waals surface area contributed by atoms with Gasteiger partial charge in [-0.25, -0.2) is 0 Å². The van der Waals surface area contributed by atoms with Crippen molar-refractivity contribution in [1.82, 2.24) is 10.6 Å². The SMILES string of the molecule is C=C(C)C(=O)NCCCNC(=O)c1ccccc1C(=O)c1ccccc1. The van der Waals surface area contributed by atoms with Crippen molar-refractivity contribution in [2.45, 2.75) is 13.3 Å². The smallest absolute Gasteiger partial charge is 0.252 e. The summed E-state index contributed by atoms with van der Waals surface area (Å²) in [5.41, 5.74) is 1.69. The van der Waals surface area contributed by atoms with Crippen LogP contribution in [-0.4, -0.2) is 30.7 Å². The molecule has 2 aromatic carbocycles. The van der Waals surface area contributed by atoms with Gasteiger partial charge >= 0.3 is 0 Å². The van der Waals surface area contributed by atoms with E-state index < -0.39 is 0 Å². The minimum atomic E-state index is -0.309. The van der Waals surface area contributed by atoms with E-state index in [2.05, 4.69) is 17.2 Å². The van der Waals surface area contributed by atoms with E-state index in [0.29, 0.717) is 41.8 Å². The molecular formula is C21H22N2O3. The highest BCUT2D eigenvalue weighted by Gasteiger charge is 2.17. The third-order valence-corrected chi connectivity index (χ3v) is 3.76. The van der Waals surface area contributed by atoms with Crippen LogP contribution < -0.4 is 10.6 Å². The van der Waals surface area contributed by atoms with Crippen LogP contribution >= 0.6 is 0 Å². The first-order chi connectivity index (χ1) is 12.5. The Balaban J connectivity index is 1.96. The van der Waals surface area contributed by atoms with Gasteiger partial charge in [-0.15, -0.1) is 0 Å². The molecule has 5 heteroatoms. The van der Waals surface area contributed by atoms with E-state index >= 15 is 0 Å². The standard InChI is InChI=1S/C21H22N2O3/c1-15(2)20(25)22-13-8-14-23-21(26)18-12-7-6-11-17(18)19(24)16-9-4-3-5-10-16/h3-7,9-12H,1,8,13-14H2,2H3,(H,22,25)(H,23,26). The summed E-state index contributed by atoms with van der Waals surface area (Å²) in [5, 5.41) is 5.49. The minimum absolute atomic E-state index is 0.190. The number of nitrogens with one attached hydrogen (secondary N) is 2. The van der Waals surface area contributed by atoms with Crippen LogP contribution in [0.1, 0.15) is 39.6 Å². The predicted octanol–water partition coefficient (Wildman–Crippen LogP) is 2.73. The highest BCUT2D eigenvalue weighted by molar-refractivity contribution is 6.15. The second-order valence-corrected chi connectivity index (χ2v) is 5.89. The zero-order chi connectivity index (χ0) is 18.9. The molecule has 0 bridgehead atoms. The lowest BCUT2D eigenvalue weighted by Crippen LogP contribution is -2.30. The molecule has 134 valence electrons. The third-order valence-electron chi connectivity index (χ3n) is 3.76. The Morgan fingerprint density at radius 1 is 0.846 bits per heavy atom. The molecule has 0 saturated heterocycles. The molecule has 2 N–H and O–H groups in total. The van der Waals surface area contributed by atoms with Crippen LogP contribution in [0, 0.1) is 0 Å². The molecule has 5 nitrogen and oxygen atoms in total. The summed E-state index contributed by atoms with van der Waals surface area (Å²) in [7, 11) is 0. The van der Waals surface area contributed by atoms with Gasteiger partial charge in [-0.05, 0) is 19.4 Å². The maximum Gasteiger partial charge on any atom is 0.252 e. The molecule has 2 amide bonds. The topological polar surface area (TPSA) is 75.3 Å². The first-order valence-electron chi connectivity index (χ1n) is 8.41. The fraction of sp³-hybridized carbons (Fsp3) is 0.190. The summed E-state index contributed by atoms with van der Waals surface area (Å²) in [6.45, 7) is 6.03. The van der Waals surface area contributed by atoms with Crippen LogP contribution in [0.4, 0.5) is 0 Å². The lowest BCUT2D eigenvalue weighted by molar-refractivity contribution is -0.117. The number of benzene rings is 2. The largest absolute Gasteiger partial charge is 0.352 e. The Morgan fingerprint density at radius 3 is 2.08 bits per heavy atom. The summed E-state index contributed by atoms with van der Waals surface area (Å²) in [4.78, 5) is 36.5. The van der Waals surface area contributed by atoms with Crippen molar-refractivity contribution in [2.24, 2.45) is 0 Å². The zero-order valence-corrected chi connectivity index (χ0v) is 14.7. The Kier molecular flexibility index (Phi) is 6.85. The second kappa shape index (κ2) is 9.32. The van der Waals surface area contributed by atoms with Crippen molar-refractivity contribution < 1.29 is 14.4 Å². The monoisotopic (exact) mass is 350 g/mol. The van der Waals surface area contributed by atoms with Crippen molar-refractivity contribution in [1.29, 1.82) is 0 Å². The average molecular weight is 350 g/mol. The van der Waals surface area contributed by atoms with E-state index in [1.807, 2.05) is 6.07 Å². The molecule has 0 fully saturated rings. The van der Waals surface area contributed by atoms with E-state index in [-0.39, 0.29) is 17.6 Å². The van der Waals surface area contributed by atoms with E-state index in [4.69, 9.17) is 0 Å². The van der Waals surface area contributed by atoms with Gasteiger partial charge in [-0.2, -0.15) is 0 Å². The van der Waals surface area contributed by atoms with Crippen molar-refractivity contribution in [2.75, 3.05) is 13.1 Å². The molecule has 2 rings (SSSR count). The molecule has 0 aromatic heterocycles. The molecule has 0 atom stereocenters. The van der Waals surface area contributed by atoms with Crippen LogP contribution in [-0.2, 0) is 4.79 Å². The molecule has 26 heavy (non-hydrogen) atoms. The van der Waals surface area contributed by atoms with Crippen molar-refractivity contribution in [3.63, 3.8) is 0 Å². The predicted molar refractivity (Wildman–Crippen MR) is 101 cm³/mol. The van der Waals surface area contributed by atoms with Crippen LogP contribution in [0.3, 0.4) is 0 Å². The molecule has 2 aromatic rings. The zero-order valence-electron chi connectivity index (χ0n) is 14.7. The molecule has 0 aliphatic rings.